The third-order valence-electron chi connectivity index (χ3n) is 4.60. The maximum atomic E-state index is 11.9. The molecule has 1 saturated carbocycles. The zero-order valence-corrected chi connectivity index (χ0v) is 13.5. The summed E-state index contributed by atoms with van der Waals surface area (Å²) < 4.78 is 0. The Morgan fingerprint density at radius 1 is 1.24 bits per heavy atom. The summed E-state index contributed by atoms with van der Waals surface area (Å²) >= 11 is 0. The van der Waals surface area contributed by atoms with Gasteiger partial charge in [-0.1, -0.05) is 26.2 Å². The highest BCUT2D eigenvalue weighted by molar-refractivity contribution is 5.94. The molecule has 2 atom stereocenters. The summed E-state index contributed by atoms with van der Waals surface area (Å²) in [5, 5.41) is 6.56. The highest BCUT2D eigenvalue weighted by atomic mass is 16.1. The van der Waals surface area contributed by atoms with Gasteiger partial charge in [0.15, 0.2) is 0 Å². The largest absolute Gasteiger partial charge is 0.382 e. The van der Waals surface area contributed by atoms with E-state index in [0.29, 0.717) is 12.6 Å². The minimum atomic E-state index is 0.0104. The summed E-state index contributed by atoms with van der Waals surface area (Å²) in [6, 6.07) is 6.54. The van der Waals surface area contributed by atoms with Crippen LogP contribution < -0.4 is 10.6 Å². The summed E-state index contributed by atoms with van der Waals surface area (Å²) in [6.07, 6.45) is 6.53. The molecule has 21 heavy (non-hydrogen) atoms. The van der Waals surface area contributed by atoms with Crippen molar-refractivity contribution in [1.29, 1.82) is 0 Å². The zero-order valence-electron chi connectivity index (χ0n) is 13.5. The van der Waals surface area contributed by atoms with Crippen LogP contribution in [0.4, 0.5) is 5.69 Å². The lowest BCUT2D eigenvalue weighted by atomic mass is 9.82. The zero-order chi connectivity index (χ0) is 15.2. The first-order valence-electron chi connectivity index (χ1n) is 8.31. The first-order chi connectivity index (χ1) is 10.2. The van der Waals surface area contributed by atoms with Crippen molar-refractivity contribution in [3.8, 4) is 0 Å². The van der Waals surface area contributed by atoms with Gasteiger partial charge in [0.2, 0.25) is 0 Å². The van der Waals surface area contributed by atoms with Crippen molar-refractivity contribution in [2.24, 2.45) is 5.92 Å². The van der Waals surface area contributed by atoms with Crippen LogP contribution in [0.15, 0.2) is 18.2 Å². The van der Waals surface area contributed by atoms with Gasteiger partial charge < -0.3 is 10.6 Å². The molecular weight excluding hydrogens is 260 g/mol. The average Bonchev–Trinajstić information content (AvgIpc) is 2.50. The van der Waals surface area contributed by atoms with Crippen LogP contribution in [0.5, 0.6) is 0 Å². The van der Waals surface area contributed by atoms with Gasteiger partial charge in [-0.2, -0.15) is 0 Å². The van der Waals surface area contributed by atoms with E-state index in [1.54, 1.807) is 0 Å². The Kier molecular flexibility index (Phi) is 5.66. The van der Waals surface area contributed by atoms with Crippen LogP contribution >= 0.6 is 0 Å². The summed E-state index contributed by atoms with van der Waals surface area (Å²) in [4.78, 5) is 11.9. The van der Waals surface area contributed by atoms with Crippen LogP contribution in [-0.2, 0) is 0 Å². The number of nitrogens with one attached hydrogen (secondary N) is 2. The monoisotopic (exact) mass is 288 g/mol. The molecule has 0 bridgehead atoms. The van der Waals surface area contributed by atoms with Gasteiger partial charge in [-0.05, 0) is 56.4 Å². The summed E-state index contributed by atoms with van der Waals surface area (Å²) in [5.74, 6) is 0.789. The summed E-state index contributed by atoms with van der Waals surface area (Å²) in [5.41, 5.74) is 3.07. The molecule has 0 heterocycles. The number of rotatable bonds is 5. The summed E-state index contributed by atoms with van der Waals surface area (Å²) in [6.45, 7) is 6.97. The molecule has 0 spiro atoms. The molecule has 1 aromatic carbocycles. The first-order valence-corrected chi connectivity index (χ1v) is 8.31. The van der Waals surface area contributed by atoms with Crippen molar-refractivity contribution >= 4 is 11.6 Å². The van der Waals surface area contributed by atoms with Crippen molar-refractivity contribution in [3.05, 3.63) is 29.3 Å². The van der Waals surface area contributed by atoms with E-state index in [-0.39, 0.29) is 5.91 Å². The molecule has 0 saturated heterocycles. The van der Waals surface area contributed by atoms with E-state index in [0.717, 1.165) is 17.0 Å². The third kappa shape index (κ3) is 3.99. The number of carbonyl (C=O) groups is 1. The lowest BCUT2D eigenvalue weighted by Gasteiger charge is -2.32. The topological polar surface area (TPSA) is 41.1 Å². The Balaban J connectivity index is 2.08. The van der Waals surface area contributed by atoms with E-state index in [1.807, 2.05) is 19.1 Å². The Hall–Kier alpha value is -1.51. The smallest absolute Gasteiger partial charge is 0.251 e. The van der Waals surface area contributed by atoms with Crippen LogP contribution in [0.1, 0.15) is 61.9 Å². The number of benzene rings is 1. The van der Waals surface area contributed by atoms with Crippen LogP contribution in [0.2, 0.25) is 0 Å². The first kappa shape index (κ1) is 15.9. The normalized spacial score (nSPS) is 21.9. The van der Waals surface area contributed by atoms with Crippen LogP contribution in [0.3, 0.4) is 0 Å². The quantitative estimate of drug-likeness (QED) is 0.855. The molecule has 1 aromatic rings. The van der Waals surface area contributed by atoms with Gasteiger partial charge >= 0.3 is 0 Å². The van der Waals surface area contributed by atoms with Crippen molar-refractivity contribution in [3.63, 3.8) is 0 Å². The van der Waals surface area contributed by atoms with Crippen LogP contribution in [-0.4, -0.2) is 18.5 Å². The number of hydrogen-bond donors (Lipinski definition) is 2. The highest BCUT2D eigenvalue weighted by Gasteiger charge is 2.23. The maximum absolute atomic E-state index is 11.9. The molecule has 0 radical (unpaired) electrons. The fraction of sp³-hybridized carbons (Fsp3) is 0.611. The van der Waals surface area contributed by atoms with E-state index in [4.69, 9.17) is 0 Å². The Bertz CT molecular complexity index is 484. The molecule has 116 valence electrons. The Morgan fingerprint density at radius 2 is 2.00 bits per heavy atom. The molecule has 2 unspecified atom stereocenters. The van der Waals surface area contributed by atoms with Crippen LogP contribution in [0.25, 0.3) is 0 Å². The Morgan fingerprint density at radius 3 is 2.67 bits per heavy atom. The number of hydrogen-bond acceptors (Lipinski definition) is 2. The average molecular weight is 288 g/mol. The molecule has 0 aromatic heterocycles. The Labute approximate surface area is 128 Å². The van der Waals surface area contributed by atoms with E-state index >= 15 is 0 Å². The van der Waals surface area contributed by atoms with Gasteiger partial charge in [0, 0.05) is 23.8 Å². The molecule has 1 fully saturated rings. The predicted octanol–water partition coefficient (Wildman–Crippen LogP) is 4.13. The van der Waals surface area contributed by atoms with E-state index in [9.17, 15) is 4.79 Å². The molecule has 1 amide bonds. The SMILES string of the molecule is CCNC(=O)c1ccc(NC2CCCCC2CC)c(C)c1. The van der Waals surface area contributed by atoms with Crippen molar-refractivity contribution in [2.45, 2.75) is 58.9 Å². The van der Waals surface area contributed by atoms with Crippen molar-refractivity contribution in [1.82, 2.24) is 5.32 Å². The number of aryl methyl sites for hydroxylation is 1. The van der Waals surface area contributed by atoms with E-state index in [2.05, 4.69) is 30.5 Å². The maximum Gasteiger partial charge on any atom is 0.251 e. The number of anilines is 1. The van der Waals surface area contributed by atoms with E-state index < -0.39 is 0 Å². The highest BCUT2D eigenvalue weighted by Crippen LogP contribution is 2.30. The van der Waals surface area contributed by atoms with E-state index in [1.165, 1.54) is 37.8 Å². The summed E-state index contributed by atoms with van der Waals surface area (Å²) in [7, 11) is 0. The molecule has 2 rings (SSSR count). The molecule has 1 aliphatic carbocycles. The second-order valence-corrected chi connectivity index (χ2v) is 6.09. The molecule has 2 N–H and O–H groups in total. The van der Waals surface area contributed by atoms with Gasteiger partial charge in [-0.25, -0.2) is 0 Å². The molecular formula is C18H28N2O. The van der Waals surface area contributed by atoms with Gasteiger partial charge in [0.05, 0.1) is 0 Å². The number of amides is 1. The van der Waals surface area contributed by atoms with Gasteiger partial charge in [0.25, 0.3) is 5.91 Å². The van der Waals surface area contributed by atoms with Gasteiger partial charge in [0.1, 0.15) is 0 Å². The molecule has 3 nitrogen and oxygen atoms in total. The standard InChI is InChI=1S/C18H28N2O/c1-4-14-8-6-7-9-17(14)20-16-11-10-15(12-13(16)3)18(21)19-5-2/h10-12,14,17,20H,4-9H2,1-3H3,(H,19,21). The third-order valence-corrected chi connectivity index (χ3v) is 4.60. The molecule has 0 aliphatic heterocycles. The number of carbonyl (C=O) groups excluding carboxylic acids is 1. The fourth-order valence-electron chi connectivity index (χ4n) is 3.32. The van der Waals surface area contributed by atoms with Crippen LogP contribution in [0, 0.1) is 12.8 Å². The molecule has 3 heteroatoms. The van der Waals surface area contributed by atoms with Crippen molar-refractivity contribution in [2.75, 3.05) is 11.9 Å². The second-order valence-electron chi connectivity index (χ2n) is 6.09. The lowest BCUT2D eigenvalue weighted by Crippen LogP contribution is -2.32. The predicted molar refractivity (Wildman–Crippen MR) is 88.8 cm³/mol. The minimum absolute atomic E-state index is 0.0104. The second kappa shape index (κ2) is 7.48. The minimum Gasteiger partial charge on any atom is -0.382 e. The van der Waals surface area contributed by atoms with Crippen molar-refractivity contribution < 1.29 is 4.79 Å². The molecule has 1 aliphatic rings. The lowest BCUT2D eigenvalue weighted by molar-refractivity contribution is 0.0956. The fourth-order valence-corrected chi connectivity index (χ4v) is 3.32. The van der Waals surface area contributed by atoms with Gasteiger partial charge in [-0.15, -0.1) is 0 Å². The van der Waals surface area contributed by atoms with Gasteiger partial charge in [-0.3, -0.25) is 4.79 Å².